The largest absolute Gasteiger partial charge is 0.324 e. The van der Waals surface area contributed by atoms with Crippen molar-refractivity contribution < 1.29 is 9.72 Å². The second-order valence-electron chi connectivity index (χ2n) is 5.35. The predicted molar refractivity (Wildman–Crippen MR) is 99.5 cm³/mol. The molecule has 0 aliphatic heterocycles. The van der Waals surface area contributed by atoms with Gasteiger partial charge in [-0.3, -0.25) is 19.8 Å². The fraction of sp³-hybridized carbons (Fsp3) is 0.188. The molecule has 0 heterocycles. The number of nitro groups is 1. The second-order valence-corrected chi connectivity index (χ2v) is 6.55. The Bertz CT molecular complexity index is 814. The van der Waals surface area contributed by atoms with Crippen LogP contribution >= 0.6 is 34.8 Å². The number of likely N-dealkylation sites (N-methyl/N-ethyl adjacent to an activating group) is 1. The topological polar surface area (TPSA) is 75.5 Å². The van der Waals surface area contributed by atoms with Gasteiger partial charge in [0.25, 0.3) is 5.69 Å². The minimum atomic E-state index is -0.556. The summed E-state index contributed by atoms with van der Waals surface area (Å²) in [5.41, 5.74) is 0.972. The van der Waals surface area contributed by atoms with Gasteiger partial charge < -0.3 is 5.32 Å². The van der Waals surface area contributed by atoms with Crippen LogP contribution < -0.4 is 5.32 Å². The monoisotopic (exact) mass is 401 g/mol. The van der Waals surface area contributed by atoms with Gasteiger partial charge in [0.2, 0.25) is 5.91 Å². The van der Waals surface area contributed by atoms with E-state index in [0.717, 1.165) is 5.56 Å². The summed E-state index contributed by atoms with van der Waals surface area (Å²) in [4.78, 5) is 24.0. The molecule has 0 atom stereocenters. The SMILES string of the molecule is CN(CC(=O)Nc1ccc([N+](=O)[O-])cc1Cl)Cc1cccc(Cl)c1Cl. The Labute approximate surface area is 159 Å². The van der Waals surface area contributed by atoms with Gasteiger partial charge in [-0.1, -0.05) is 46.9 Å². The Morgan fingerprint density at radius 2 is 1.92 bits per heavy atom. The third kappa shape index (κ3) is 5.31. The molecule has 2 aromatic rings. The number of carbonyl (C=O) groups is 1. The first-order valence-corrected chi connectivity index (χ1v) is 8.26. The number of amides is 1. The van der Waals surface area contributed by atoms with Crippen molar-refractivity contribution in [1.29, 1.82) is 0 Å². The van der Waals surface area contributed by atoms with Crippen LogP contribution in [0.5, 0.6) is 0 Å². The molecule has 6 nitrogen and oxygen atoms in total. The van der Waals surface area contributed by atoms with Crippen molar-refractivity contribution in [2.45, 2.75) is 6.54 Å². The van der Waals surface area contributed by atoms with E-state index in [1.54, 1.807) is 24.1 Å². The van der Waals surface area contributed by atoms with Gasteiger partial charge in [-0.25, -0.2) is 0 Å². The standard InChI is InChI=1S/C16H14Cl3N3O3/c1-21(8-10-3-2-4-12(17)16(10)19)9-15(23)20-14-6-5-11(22(24)25)7-13(14)18/h2-7H,8-9H2,1H3,(H,20,23). The van der Waals surface area contributed by atoms with E-state index >= 15 is 0 Å². The van der Waals surface area contributed by atoms with Gasteiger partial charge in [-0.15, -0.1) is 0 Å². The molecule has 0 spiro atoms. The lowest BCUT2D eigenvalue weighted by Crippen LogP contribution is -2.30. The number of hydrogen-bond donors (Lipinski definition) is 1. The normalized spacial score (nSPS) is 10.8. The number of benzene rings is 2. The highest BCUT2D eigenvalue weighted by molar-refractivity contribution is 6.42. The van der Waals surface area contributed by atoms with Gasteiger partial charge in [0.05, 0.1) is 32.2 Å². The average Bonchev–Trinajstić information content (AvgIpc) is 2.53. The molecule has 0 fully saturated rings. The molecule has 1 N–H and O–H groups in total. The van der Waals surface area contributed by atoms with Gasteiger partial charge in [0, 0.05) is 18.7 Å². The van der Waals surface area contributed by atoms with E-state index in [9.17, 15) is 14.9 Å². The summed E-state index contributed by atoms with van der Waals surface area (Å²) in [7, 11) is 1.76. The maximum absolute atomic E-state index is 12.1. The van der Waals surface area contributed by atoms with Crippen LogP contribution in [0.15, 0.2) is 36.4 Å². The molecule has 0 aliphatic rings. The Balaban J connectivity index is 1.98. The molecule has 0 saturated heterocycles. The summed E-state index contributed by atoms with van der Waals surface area (Å²) in [6.45, 7) is 0.511. The van der Waals surface area contributed by atoms with Crippen molar-refractivity contribution in [1.82, 2.24) is 4.90 Å². The molecular formula is C16H14Cl3N3O3. The third-order valence-corrected chi connectivity index (χ3v) is 4.49. The third-order valence-electron chi connectivity index (χ3n) is 3.32. The number of hydrogen-bond acceptors (Lipinski definition) is 4. The van der Waals surface area contributed by atoms with E-state index in [1.807, 2.05) is 6.07 Å². The van der Waals surface area contributed by atoms with Crippen LogP contribution in [0.4, 0.5) is 11.4 Å². The van der Waals surface area contributed by atoms with Gasteiger partial charge in [-0.05, 0) is 24.7 Å². The molecule has 0 aliphatic carbocycles. The lowest BCUT2D eigenvalue weighted by atomic mass is 10.2. The average molecular weight is 403 g/mol. The molecule has 132 valence electrons. The lowest BCUT2D eigenvalue weighted by Gasteiger charge is -2.17. The Morgan fingerprint density at radius 3 is 2.56 bits per heavy atom. The zero-order valence-electron chi connectivity index (χ0n) is 13.1. The summed E-state index contributed by atoms with van der Waals surface area (Å²) in [6.07, 6.45) is 0. The van der Waals surface area contributed by atoms with Crippen LogP contribution in [0.2, 0.25) is 15.1 Å². The highest BCUT2D eigenvalue weighted by atomic mass is 35.5. The van der Waals surface area contributed by atoms with Crippen molar-refractivity contribution in [3.8, 4) is 0 Å². The van der Waals surface area contributed by atoms with Crippen LogP contribution in [0.25, 0.3) is 0 Å². The van der Waals surface area contributed by atoms with Crippen LogP contribution in [0.1, 0.15) is 5.56 Å². The van der Waals surface area contributed by atoms with E-state index in [2.05, 4.69) is 5.32 Å². The number of nitrogens with one attached hydrogen (secondary N) is 1. The molecule has 0 bridgehead atoms. The van der Waals surface area contributed by atoms with Crippen molar-refractivity contribution in [3.05, 3.63) is 67.1 Å². The smallest absolute Gasteiger partial charge is 0.271 e. The first-order valence-electron chi connectivity index (χ1n) is 7.13. The number of rotatable bonds is 6. The molecule has 0 radical (unpaired) electrons. The van der Waals surface area contributed by atoms with Crippen LogP contribution in [0, 0.1) is 10.1 Å². The fourth-order valence-corrected chi connectivity index (χ4v) is 2.77. The number of nitrogens with zero attached hydrogens (tertiary/aromatic N) is 2. The van der Waals surface area contributed by atoms with Crippen molar-refractivity contribution in [2.24, 2.45) is 0 Å². The molecule has 0 aromatic heterocycles. The van der Waals surface area contributed by atoms with Gasteiger partial charge >= 0.3 is 0 Å². The highest BCUT2D eigenvalue weighted by Crippen LogP contribution is 2.27. The summed E-state index contributed by atoms with van der Waals surface area (Å²) >= 11 is 18.1. The zero-order valence-corrected chi connectivity index (χ0v) is 15.4. The van der Waals surface area contributed by atoms with Crippen LogP contribution in [-0.2, 0) is 11.3 Å². The van der Waals surface area contributed by atoms with E-state index in [4.69, 9.17) is 34.8 Å². The minimum absolute atomic E-state index is 0.0795. The van der Waals surface area contributed by atoms with E-state index in [1.165, 1.54) is 18.2 Å². The molecule has 1 amide bonds. The van der Waals surface area contributed by atoms with Gasteiger partial charge in [-0.2, -0.15) is 0 Å². The lowest BCUT2D eigenvalue weighted by molar-refractivity contribution is -0.384. The predicted octanol–water partition coefficient (Wildman–Crippen LogP) is 4.63. The summed E-state index contributed by atoms with van der Waals surface area (Å²) < 4.78 is 0. The Hall–Kier alpha value is -1.86. The number of carbonyl (C=O) groups excluding carboxylic acids is 1. The highest BCUT2D eigenvalue weighted by Gasteiger charge is 2.14. The number of halogens is 3. The van der Waals surface area contributed by atoms with Gasteiger partial charge in [0.1, 0.15) is 0 Å². The fourth-order valence-electron chi connectivity index (χ4n) is 2.17. The maximum Gasteiger partial charge on any atom is 0.271 e. The number of non-ortho nitro benzene ring substituents is 1. The molecule has 2 aromatic carbocycles. The van der Waals surface area contributed by atoms with E-state index in [-0.39, 0.29) is 23.2 Å². The second kappa shape index (κ2) is 8.49. The van der Waals surface area contributed by atoms with Crippen LogP contribution in [-0.4, -0.2) is 29.3 Å². The Kier molecular flexibility index (Phi) is 6.61. The number of nitro benzene ring substituents is 1. The first kappa shape index (κ1) is 19.5. The minimum Gasteiger partial charge on any atom is -0.324 e. The maximum atomic E-state index is 12.1. The molecule has 0 unspecified atom stereocenters. The summed E-state index contributed by atoms with van der Waals surface area (Å²) in [6, 6.07) is 9.16. The van der Waals surface area contributed by atoms with Crippen molar-refractivity contribution in [2.75, 3.05) is 18.9 Å². The van der Waals surface area contributed by atoms with E-state index in [0.29, 0.717) is 22.3 Å². The quantitative estimate of drug-likeness (QED) is 0.565. The molecule has 25 heavy (non-hydrogen) atoms. The molecule has 9 heteroatoms. The Morgan fingerprint density at radius 1 is 1.20 bits per heavy atom. The summed E-state index contributed by atoms with van der Waals surface area (Å²) in [5, 5.41) is 14.3. The molecular weight excluding hydrogens is 389 g/mol. The zero-order chi connectivity index (χ0) is 18.6. The molecule has 0 saturated carbocycles. The van der Waals surface area contributed by atoms with Gasteiger partial charge in [0.15, 0.2) is 0 Å². The number of anilines is 1. The van der Waals surface area contributed by atoms with Crippen LogP contribution in [0.3, 0.4) is 0 Å². The van der Waals surface area contributed by atoms with E-state index < -0.39 is 4.92 Å². The van der Waals surface area contributed by atoms with Crippen molar-refractivity contribution >= 4 is 52.1 Å². The molecule has 2 rings (SSSR count). The van der Waals surface area contributed by atoms with Crippen molar-refractivity contribution in [3.63, 3.8) is 0 Å². The summed E-state index contributed by atoms with van der Waals surface area (Å²) in [5.74, 6) is -0.309. The first-order chi connectivity index (χ1) is 11.8.